The summed E-state index contributed by atoms with van der Waals surface area (Å²) in [4.78, 5) is 0. The molecule has 0 unspecified atom stereocenters. The van der Waals surface area contributed by atoms with Gasteiger partial charge >= 0.3 is 0 Å². The van der Waals surface area contributed by atoms with E-state index < -0.39 is 0 Å². The van der Waals surface area contributed by atoms with Gasteiger partial charge in [0.25, 0.3) is 0 Å². The summed E-state index contributed by atoms with van der Waals surface area (Å²) in [5.74, 6) is 0.962. The Bertz CT molecular complexity index is 685. The van der Waals surface area contributed by atoms with Gasteiger partial charge in [0, 0.05) is 16.8 Å². The van der Waals surface area contributed by atoms with Gasteiger partial charge in [0.05, 0.1) is 0 Å². The second kappa shape index (κ2) is 4.46. The zero-order chi connectivity index (χ0) is 12.5. The normalized spacial score (nSPS) is 11.0. The smallest absolute Gasteiger partial charge is 0.135 e. The monoisotopic (exact) mass is 260 g/mol. The molecule has 2 aromatic carbocycles. The summed E-state index contributed by atoms with van der Waals surface area (Å²) in [6.07, 6.45) is 0. The molecule has 18 heavy (non-hydrogen) atoms. The third-order valence-corrected chi connectivity index (χ3v) is 3.17. The molecule has 0 N–H and O–H groups in total. The zero-order valence-corrected chi connectivity index (χ0v) is 10.2. The molecule has 3 aromatic rings. The lowest BCUT2D eigenvalue weighted by Gasteiger charge is -1.95. The summed E-state index contributed by atoms with van der Waals surface area (Å²) in [5, 5.41) is 1.01. The van der Waals surface area contributed by atoms with Gasteiger partial charge in [-0.1, -0.05) is 6.07 Å². The summed E-state index contributed by atoms with van der Waals surface area (Å²) in [6.45, 7) is 0. The molecular weight excluding hydrogens is 251 g/mol. The first kappa shape index (κ1) is 11.3. The van der Waals surface area contributed by atoms with E-state index in [0.29, 0.717) is 5.88 Å². The number of fused-ring (bicyclic) bond motifs is 1. The minimum Gasteiger partial charge on any atom is -0.456 e. The fraction of sp³-hybridized carbons (Fsp3) is 0.0667. The van der Waals surface area contributed by atoms with Crippen molar-refractivity contribution in [3.8, 4) is 11.3 Å². The van der Waals surface area contributed by atoms with Crippen LogP contribution in [0, 0.1) is 5.82 Å². The van der Waals surface area contributed by atoms with Gasteiger partial charge in [0.2, 0.25) is 0 Å². The first-order chi connectivity index (χ1) is 8.76. The van der Waals surface area contributed by atoms with E-state index in [0.717, 1.165) is 27.9 Å². The van der Waals surface area contributed by atoms with Crippen molar-refractivity contribution in [2.75, 3.05) is 0 Å². The third-order valence-electron chi connectivity index (χ3n) is 2.86. The van der Waals surface area contributed by atoms with E-state index in [-0.39, 0.29) is 5.82 Å². The molecule has 3 heteroatoms. The SMILES string of the molecule is Fc1ccc(-c2cc3cc(CCl)ccc3o2)cc1. The van der Waals surface area contributed by atoms with Crippen molar-refractivity contribution in [2.45, 2.75) is 5.88 Å². The van der Waals surface area contributed by atoms with Crippen LogP contribution in [-0.2, 0) is 5.88 Å². The van der Waals surface area contributed by atoms with Crippen molar-refractivity contribution in [2.24, 2.45) is 0 Å². The predicted octanol–water partition coefficient (Wildman–Crippen LogP) is 4.98. The third kappa shape index (κ3) is 2.00. The van der Waals surface area contributed by atoms with Crippen molar-refractivity contribution in [1.29, 1.82) is 0 Å². The highest BCUT2D eigenvalue weighted by Gasteiger charge is 2.06. The molecule has 0 radical (unpaired) electrons. The van der Waals surface area contributed by atoms with Crippen LogP contribution in [0.2, 0.25) is 0 Å². The molecule has 0 spiro atoms. The molecule has 1 aromatic heterocycles. The van der Waals surface area contributed by atoms with Gasteiger partial charge in [-0.3, -0.25) is 0 Å². The highest BCUT2D eigenvalue weighted by Crippen LogP contribution is 2.28. The van der Waals surface area contributed by atoms with Crippen LogP contribution in [0.5, 0.6) is 0 Å². The largest absolute Gasteiger partial charge is 0.456 e. The molecule has 0 fully saturated rings. The predicted molar refractivity (Wildman–Crippen MR) is 71.2 cm³/mol. The number of rotatable bonds is 2. The van der Waals surface area contributed by atoms with E-state index in [2.05, 4.69) is 0 Å². The van der Waals surface area contributed by atoms with Crippen LogP contribution in [0.1, 0.15) is 5.56 Å². The molecule has 0 saturated carbocycles. The maximum absolute atomic E-state index is 12.9. The van der Waals surface area contributed by atoms with Crippen LogP contribution < -0.4 is 0 Å². The Labute approximate surface area is 109 Å². The van der Waals surface area contributed by atoms with Crippen LogP contribution >= 0.6 is 11.6 Å². The second-order valence-electron chi connectivity index (χ2n) is 4.12. The Kier molecular flexibility index (Phi) is 2.80. The van der Waals surface area contributed by atoms with Gasteiger partial charge < -0.3 is 4.42 Å². The van der Waals surface area contributed by atoms with Crippen LogP contribution in [0.4, 0.5) is 4.39 Å². The topological polar surface area (TPSA) is 13.1 Å². The molecule has 0 saturated heterocycles. The lowest BCUT2D eigenvalue weighted by molar-refractivity contribution is 0.623. The fourth-order valence-corrected chi connectivity index (χ4v) is 2.10. The Morgan fingerprint density at radius 2 is 1.78 bits per heavy atom. The Morgan fingerprint density at radius 1 is 1.00 bits per heavy atom. The first-order valence-corrected chi connectivity index (χ1v) is 6.14. The Morgan fingerprint density at radius 3 is 2.50 bits per heavy atom. The second-order valence-corrected chi connectivity index (χ2v) is 4.39. The van der Waals surface area contributed by atoms with Gasteiger partial charge in [-0.25, -0.2) is 4.39 Å². The summed E-state index contributed by atoms with van der Waals surface area (Å²) < 4.78 is 18.6. The van der Waals surface area contributed by atoms with Gasteiger partial charge in [-0.2, -0.15) is 0 Å². The standard InChI is InChI=1S/C15H10ClFO/c16-9-10-1-6-14-12(7-10)8-15(18-14)11-2-4-13(17)5-3-11/h1-8H,9H2. The summed E-state index contributed by atoms with van der Waals surface area (Å²) >= 11 is 5.80. The van der Waals surface area contributed by atoms with E-state index in [4.69, 9.17) is 16.0 Å². The van der Waals surface area contributed by atoms with Gasteiger partial charge in [-0.15, -0.1) is 11.6 Å². The van der Waals surface area contributed by atoms with E-state index >= 15 is 0 Å². The molecule has 1 nitrogen and oxygen atoms in total. The zero-order valence-electron chi connectivity index (χ0n) is 9.49. The number of hydrogen-bond donors (Lipinski definition) is 0. The molecule has 3 rings (SSSR count). The number of halogens is 2. The fourth-order valence-electron chi connectivity index (χ4n) is 1.93. The molecule has 0 aliphatic rings. The van der Waals surface area contributed by atoms with Crippen LogP contribution in [0.15, 0.2) is 52.9 Å². The molecule has 90 valence electrons. The van der Waals surface area contributed by atoms with E-state index in [1.54, 1.807) is 12.1 Å². The van der Waals surface area contributed by atoms with Crippen molar-refractivity contribution in [3.63, 3.8) is 0 Å². The van der Waals surface area contributed by atoms with Gasteiger partial charge in [-0.05, 0) is 48.0 Å². The average Bonchev–Trinajstić information content (AvgIpc) is 2.82. The summed E-state index contributed by atoms with van der Waals surface area (Å²) in [5.41, 5.74) is 2.72. The molecular formula is C15H10ClFO. The lowest BCUT2D eigenvalue weighted by Crippen LogP contribution is -1.75. The summed E-state index contributed by atoms with van der Waals surface area (Å²) in [6, 6.07) is 14.0. The number of benzene rings is 2. The minimum atomic E-state index is -0.251. The number of alkyl halides is 1. The lowest BCUT2D eigenvalue weighted by atomic mass is 10.1. The van der Waals surface area contributed by atoms with E-state index in [1.807, 2.05) is 24.3 Å². The van der Waals surface area contributed by atoms with Crippen molar-refractivity contribution in [3.05, 3.63) is 59.9 Å². The summed E-state index contributed by atoms with van der Waals surface area (Å²) in [7, 11) is 0. The van der Waals surface area contributed by atoms with Gasteiger partial charge in [0.15, 0.2) is 0 Å². The van der Waals surface area contributed by atoms with Crippen molar-refractivity contribution in [1.82, 2.24) is 0 Å². The maximum Gasteiger partial charge on any atom is 0.135 e. The highest BCUT2D eigenvalue weighted by atomic mass is 35.5. The van der Waals surface area contributed by atoms with E-state index in [1.165, 1.54) is 12.1 Å². The first-order valence-electron chi connectivity index (χ1n) is 5.60. The van der Waals surface area contributed by atoms with E-state index in [9.17, 15) is 4.39 Å². The highest BCUT2D eigenvalue weighted by molar-refractivity contribution is 6.17. The minimum absolute atomic E-state index is 0.251. The van der Waals surface area contributed by atoms with Crippen LogP contribution in [0.25, 0.3) is 22.3 Å². The quantitative estimate of drug-likeness (QED) is 0.593. The molecule has 0 aliphatic carbocycles. The average molecular weight is 261 g/mol. The molecule has 0 bridgehead atoms. The molecule has 0 atom stereocenters. The molecule has 0 amide bonds. The molecule has 1 heterocycles. The maximum atomic E-state index is 12.9. The van der Waals surface area contributed by atoms with Crippen molar-refractivity contribution < 1.29 is 8.81 Å². The number of furan rings is 1. The molecule has 0 aliphatic heterocycles. The van der Waals surface area contributed by atoms with Crippen LogP contribution in [-0.4, -0.2) is 0 Å². The number of hydrogen-bond acceptors (Lipinski definition) is 1. The Balaban J connectivity index is 2.10. The van der Waals surface area contributed by atoms with Gasteiger partial charge in [0.1, 0.15) is 17.2 Å². The Hall–Kier alpha value is -1.80. The van der Waals surface area contributed by atoms with Crippen molar-refractivity contribution >= 4 is 22.6 Å². The van der Waals surface area contributed by atoms with Crippen LogP contribution in [0.3, 0.4) is 0 Å².